The van der Waals surface area contributed by atoms with Crippen LogP contribution in [0.5, 0.6) is 5.75 Å². The van der Waals surface area contributed by atoms with Gasteiger partial charge in [0.1, 0.15) is 5.75 Å². The van der Waals surface area contributed by atoms with Crippen LogP contribution in [-0.2, 0) is 11.8 Å². The lowest BCUT2D eigenvalue weighted by Crippen LogP contribution is -2.33. The maximum atomic E-state index is 6.23. The summed E-state index contributed by atoms with van der Waals surface area (Å²) in [6, 6.07) is 4.00. The van der Waals surface area contributed by atoms with Gasteiger partial charge in [0.25, 0.3) is 0 Å². The van der Waals surface area contributed by atoms with Gasteiger partial charge in [-0.15, -0.1) is 0 Å². The summed E-state index contributed by atoms with van der Waals surface area (Å²) in [5.41, 5.74) is 8.78. The van der Waals surface area contributed by atoms with Crippen molar-refractivity contribution in [3.8, 4) is 5.75 Å². The highest BCUT2D eigenvalue weighted by atomic mass is 35.5. The Kier molecular flexibility index (Phi) is 4.18. The van der Waals surface area contributed by atoms with Crippen LogP contribution in [0.4, 0.5) is 0 Å². The van der Waals surface area contributed by atoms with Crippen LogP contribution in [0.2, 0.25) is 5.02 Å². The smallest absolute Gasteiger partial charge is 0.123 e. The average Bonchev–Trinajstić information content (AvgIpc) is 2.87. The number of hydrogen-bond donors (Lipinski definition) is 1. The molecule has 0 radical (unpaired) electrons. The molecule has 1 fully saturated rings. The highest BCUT2D eigenvalue weighted by Crippen LogP contribution is 2.44. The molecule has 0 bridgehead atoms. The number of rotatable bonds is 4. The molecule has 0 spiro atoms. The van der Waals surface area contributed by atoms with E-state index < -0.39 is 0 Å². The quantitative estimate of drug-likeness (QED) is 0.903. The molecule has 2 N–H and O–H groups in total. The topological polar surface area (TPSA) is 35.2 Å². The Balaban J connectivity index is 2.57. The van der Waals surface area contributed by atoms with Gasteiger partial charge >= 0.3 is 0 Å². The Bertz CT molecular complexity index is 425. The highest BCUT2D eigenvalue weighted by Gasteiger charge is 2.36. The van der Waals surface area contributed by atoms with Crippen LogP contribution in [0.25, 0.3) is 0 Å². The van der Waals surface area contributed by atoms with Gasteiger partial charge in [-0.05, 0) is 42.5 Å². The number of hydrogen-bond acceptors (Lipinski definition) is 2. The Hall–Kier alpha value is -0.730. The first-order chi connectivity index (χ1) is 8.66. The van der Waals surface area contributed by atoms with Gasteiger partial charge in [-0.25, -0.2) is 0 Å². The van der Waals surface area contributed by atoms with Crippen LogP contribution >= 0.6 is 11.6 Å². The largest absolute Gasteiger partial charge is 0.496 e. The van der Waals surface area contributed by atoms with Gasteiger partial charge in [0.2, 0.25) is 0 Å². The lowest BCUT2D eigenvalue weighted by Gasteiger charge is -2.31. The first kappa shape index (κ1) is 13.7. The van der Waals surface area contributed by atoms with Gasteiger partial charge in [-0.3, -0.25) is 0 Å². The third kappa shape index (κ3) is 2.24. The fraction of sp³-hybridized carbons (Fsp3) is 0.600. The van der Waals surface area contributed by atoms with Crippen molar-refractivity contribution in [3.63, 3.8) is 0 Å². The average molecular weight is 268 g/mol. The molecule has 0 unspecified atom stereocenters. The van der Waals surface area contributed by atoms with Crippen molar-refractivity contribution in [2.24, 2.45) is 5.73 Å². The molecule has 0 atom stereocenters. The fourth-order valence-electron chi connectivity index (χ4n) is 3.27. The highest BCUT2D eigenvalue weighted by molar-refractivity contribution is 6.30. The molecule has 1 saturated carbocycles. The van der Waals surface area contributed by atoms with E-state index in [-0.39, 0.29) is 5.41 Å². The van der Waals surface area contributed by atoms with E-state index in [1.807, 2.05) is 6.07 Å². The van der Waals surface area contributed by atoms with Gasteiger partial charge in [0, 0.05) is 17.0 Å². The Labute approximate surface area is 114 Å². The van der Waals surface area contributed by atoms with E-state index in [1.165, 1.54) is 36.8 Å². The summed E-state index contributed by atoms with van der Waals surface area (Å²) in [5.74, 6) is 0.903. The first-order valence-electron chi connectivity index (χ1n) is 6.74. The van der Waals surface area contributed by atoms with Crippen molar-refractivity contribution < 1.29 is 4.74 Å². The second-order valence-corrected chi connectivity index (χ2v) is 5.62. The Morgan fingerprint density at radius 3 is 2.50 bits per heavy atom. The molecule has 1 aromatic rings. The first-order valence-corrected chi connectivity index (χ1v) is 7.11. The molecular formula is C15H22ClNO. The molecule has 0 aliphatic heterocycles. The second kappa shape index (κ2) is 5.50. The van der Waals surface area contributed by atoms with Gasteiger partial charge < -0.3 is 10.5 Å². The van der Waals surface area contributed by atoms with Crippen LogP contribution in [0.3, 0.4) is 0 Å². The van der Waals surface area contributed by atoms with Crippen LogP contribution < -0.4 is 10.5 Å². The van der Waals surface area contributed by atoms with Crippen LogP contribution in [0.15, 0.2) is 12.1 Å². The Morgan fingerprint density at radius 1 is 1.33 bits per heavy atom. The summed E-state index contributed by atoms with van der Waals surface area (Å²) in [4.78, 5) is 0. The standard InChI is InChI=1S/C15H22ClNO/c1-3-12-13(8-11(16)9-14(12)18-2)15(10-17)6-4-5-7-15/h8-9H,3-7,10,17H2,1-2H3. The maximum absolute atomic E-state index is 6.23. The summed E-state index contributed by atoms with van der Waals surface area (Å²) < 4.78 is 5.48. The number of ether oxygens (including phenoxy) is 1. The monoisotopic (exact) mass is 267 g/mol. The molecule has 1 aromatic carbocycles. The molecule has 0 amide bonds. The zero-order chi connectivity index (χ0) is 13.2. The summed E-state index contributed by atoms with van der Waals surface area (Å²) in [7, 11) is 1.71. The minimum Gasteiger partial charge on any atom is -0.496 e. The van der Waals surface area contributed by atoms with E-state index >= 15 is 0 Å². The van der Waals surface area contributed by atoms with E-state index in [9.17, 15) is 0 Å². The van der Waals surface area contributed by atoms with E-state index in [0.29, 0.717) is 6.54 Å². The van der Waals surface area contributed by atoms with Gasteiger partial charge in [-0.1, -0.05) is 31.4 Å². The lowest BCUT2D eigenvalue weighted by molar-refractivity contribution is 0.401. The van der Waals surface area contributed by atoms with Crippen molar-refractivity contribution in [1.82, 2.24) is 0 Å². The molecular weight excluding hydrogens is 246 g/mol. The molecule has 1 aliphatic rings. The van der Waals surface area contributed by atoms with E-state index in [4.69, 9.17) is 22.1 Å². The molecule has 1 aliphatic carbocycles. The van der Waals surface area contributed by atoms with Crippen molar-refractivity contribution in [3.05, 3.63) is 28.3 Å². The fourth-order valence-corrected chi connectivity index (χ4v) is 3.48. The van der Waals surface area contributed by atoms with Crippen molar-refractivity contribution in [1.29, 1.82) is 0 Å². The molecule has 0 aromatic heterocycles. The minimum atomic E-state index is 0.115. The summed E-state index contributed by atoms with van der Waals surface area (Å²) in [6.07, 6.45) is 5.81. The second-order valence-electron chi connectivity index (χ2n) is 5.18. The number of methoxy groups -OCH3 is 1. The normalized spacial score (nSPS) is 18.0. The molecule has 0 saturated heterocycles. The van der Waals surface area contributed by atoms with E-state index in [0.717, 1.165) is 17.2 Å². The van der Waals surface area contributed by atoms with Crippen LogP contribution in [0, 0.1) is 0 Å². The third-order valence-electron chi connectivity index (χ3n) is 4.27. The zero-order valence-corrected chi connectivity index (χ0v) is 12.0. The summed E-state index contributed by atoms with van der Waals surface area (Å²) >= 11 is 6.23. The Morgan fingerprint density at radius 2 is 2.00 bits per heavy atom. The van der Waals surface area contributed by atoms with Crippen molar-refractivity contribution in [2.75, 3.05) is 13.7 Å². The molecule has 100 valence electrons. The SMILES string of the molecule is CCc1c(OC)cc(Cl)cc1C1(CN)CCCC1. The number of nitrogens with two attached hydrogens (primary N) is 1. The lowest BCUT2D eigenvalue weighted by atomic mass is 9.76. The van der Waals surface area contributed by atoms with Crippen molar-refractivity contribution in [2.45, 2.75) is 44.4 Å². The predicted octanol–water partition coefficient (Wildman–Crippen LogP) is 3.68. The summed E-state index contributed by atoms with van der Waals surface area (Å²) in [5, 5.41) is 0.749. The molecule has 3 heteroatoms. The van der Waals surface area contributed by atoms with Gasteiger partial charge in [0.15, 0.2) is 0 Å². The van der Waals surface area contributed by atoms with Gasteiger partial charge in [0.05, 0.1) is 7.11 Å². The minimum absolute atomic E-state index is 0.115. The molecule has 2 nitrogen and oxygen atoms in total. The van der Waals surface area contributed by atoms with Crippen molar-refractivity contribution >= 4 is 11.6 Å². The van der Waals surface area contributed by atoms with Gasteiger partial charge in [-0.2, -0.15) is 0 Å². The molecule has 0 heterocycles. The van der Waals surface area contributed by atoms with Crippen LogP contribution in [0.1, 0.15) is 43.7 Å². The summed E-state index contributed by atoms with van der Waals surface area (Å²) in [6.45, 7) is 2.86. The molecule has 18 heavy (non-hydrogen) atoms. The zero-order valence-electron chi connectivity index (χ0n) is 11.3. The number of halogens is 1. The number of benzene rings is 1. The van der Waals surface area contributed by atoms with E-state index in [2.05, 4.69) is 13.0 Å². The maximum Gasteiger partial charge on any atom is 0.123 e. The van der Waals surface area contributed by atoms with Crippen LogP contribution in [-0.4, -0.2) is 13.7 Å². The third-order valence-corrected chi connectivity index (χ3v) is 4.49. The van der Waals surface area contributed by atoms with E-state index in [1.54, 1.807) is 7.11 Å². The predicted molar refractivity (Wildman–Crippen MR) is 76.6 cm³/mol. The molecule has 2 rings (SSSR count).